The van der Waals surface area contributed by atoms with E-state index in [1.807, 2.05) is 0 Å². The summed E-state index contributed by atoms with van der Waals surface area (Å²) >= 11 is 1.75. The van der Waals surface area contributed by atoms with E-state index in [2.05, 4.69) is 27.5 Å². The summed E-state index contributed by atoms with van der Waals surface area (Å²) in [5.74, 6) is 0. The highest BCUT2D eigenvalue weighted by atomic mass is 32.1. The Kier molecular flexibility index (Phi) is 2.64. The van der Waals surface area contributed by atoms with Gasteiger partial charge in [-0.2, -0.15) is 11.3 Å². The van der Waals surface area contributed by atoms with E-state index in [4.69, 9.17) is 0 Å². The molecule has 1 aliphatic rings. The van der Waals surface area contributed by atoms with E-state index < -0.39 is 0 Å². The Balaban J connectivity index is 1.86. The number of nitrogens with one attached hydrogen (secondary N) is 2. The van der Waals surface area contributed by atoms with Crippen molar-refractivity contribution in [2.75, 3.05) is 18.4 Å². The van der Waals surface area contributed by atoms with Gasteiger partial charge in [0.15, 0.2) is 0 Å². The van der Waals surface area contributed by atoms with Crippen LogP contribution in [0.15, 0.2) is 16.8 Å². The minimum Gasteiger partial charge on any atom is -0.382 e. The van der Waals surface area contributed by atoms with Crippen LogP contribution in [0.5, 0.6) is 0 Å². The molecule has 12 heavy (non-hydrogen) atoms. The van der Waals surface area contributed by atoms with Crippen LogP contribution in [0.25, 0.3) is 0 Å². The van der Waals surface area contributed by atoms with E-state index in [9.17, 15) is 0 Å². The topological polar surface area (TPSA) is 24.1 Å². The normalized spacial score (nSPS) is 19.3. The van der Waals surface area contributed by atoms with Gasteiger partial charge in [-0.1, -0.05) is 0 Å². The fraction of sp³-hybridized carbons (Fsp3) is 0.556. The van der Waals surface area contributed by atoms with Crippen LogP contribution >= 0.6 is 11.3 Å². The Morgan fingerprint density at radius 1 is 1.42 bits per heavy atom. The summed E-state index contributed by atoms with van der Waals surface area (Å²) in [6.45, 7) is 2.31. The molecule has 0 atom stereocenters. The van der Waals surface area contributed by atoms with E-state index in [-0.39, 0.29) is 0 Å². The lowest BCUT2D eigenvalue weighted by atomic mass is 10.1. The summed E-state index contributed by atoms with van der Waals surface area (Å²) in [5.41, 5.74) is 1.28. The second-order valence-corrected chi connectivity index (χ2v) is 3.96. The van der Waals surface area contributed by atoms with Crippen LogP contribution < -0.4 is 10.6 Å². The fourth-order valence-corrected chi connectivity index (χ4v) is 2.15. The first-order valence-corrected chi connectivity index (χ1v) is 5.39. The summed E-state index contributed by atoms with van der Waals surface area (Å²) in [5, 5.41) is 11.2. The number of anilines is 1. The first-order valence-electron chi connectivity index (χ1n) is 4.44. The summed E-state index contributed by atoms with van der Waals surface area (Å²) in [7, 11) is 0. The molecule has 1 aliphatic heterocycles. The van der Waals surface area contributed by atoms with Crippen molar-refractivity contribution in [1.82, 2.24) is 5.32 Å². The molecule has 0 aliphatic carbocycles. The third-order valence-electron chi connectivity index (χ3n) is 2.23. The van der Waals surface area contributed by atoms with E-state index >= 15 is 0 Å². The van der Waals surface area contributed by atoms with Crippen molar-refractivity contribution >= 4 is 17.0 Å². The molecular formula is C9H14N2S. The summed E-state index contributed by atoms with van der Waals surface area (Å²) in [6, 6.07) is 2.83. The quantitative estimate of drug-likeness (QED) is 0.730. The van der Waals surface area contributed by atoms with Crippen molar-refractivity contribution in [2.24, 2.45) is 0 Å². The Bertz CT molecular complexity index is 214. The van der Waals surface area contributed by atoms with Crippen molar-refractivity contribution in [3.05, 3.63) is 16.8 Å². The van der Waals surface area contributed by atoms with Crippen molar-refractivity contribution < 1.29 is 0 Å². The molecule has 0 unspecified atom stereocenters. The van der Waals surface area contributed by atoms with Gasteiger partial charge >= 0.3 is 0 Å². The highest BCUT2D eigenvalue weighted by Gasteiger charge is 2.11. The van der Waals surface area contributed by atoms with Gasteiger partial charge in [-0.05, 0) is 37.4 Å². The predicted molar refractivity (Wildman–Crippen MR) is 53.8 cm³/mol. The van der Waals surface area contributed by atoms with Gasteiger partial charge in [0.05, 0.1) is 0 Å². The molecule has 1 aromatic heterocycles. The molecule has 0 bridgehead atoms. The lowest BCUT2D eigenvalue weighted by Crippen LogP contribution is -2.35. The molecule has 1 fully saturated rings. The highest BCUT2D eigenvalue weighted by Crippen LogP contribution is 2.16. The smallest absolute Gasteiger partial charge is 0.0450 e. The summed E-state index contributed by atoms with van der Waals surface area (Å²) < 4.78 is 0. The average Bonchev–Trinajstić information content (AvgIpc) is 2.59. The van der Waals surface area contributed by atoms with Gasteiger partial charge in [-0.15, -0.1) is 0 Å². The maximum Gasteiger partial charge on any atom is 0.0450 e. The van der Waals surface area contributed by atoms with Crippen molar-refractivity contribution in [3.8, 4) is 0 Å². The minimum absolute atomic E-state index is 0.681. The molecule has 1 saturated heterocycles. The van der Waals surface area contributed by atoms with Crippen LogP contribution in [0, 0.1) is 0 Å². The molecule has 0 amide bonds. The molecule has 66 valence electrons. The van der Waals surface area contributed by atoms with Gasteiger partial charge in [-0.25, -0.2) is 0 Å². The number of hydrogen-bond acceptors (Lipinski definition) is 3. The lowest BCUT2D eigenvalue weighted by molar-refractivity contribution is 0.479. The molecule has 2 N–H and O–H groups in total. The Hall–Kier alpha value is -0.540. The first-order chi connectivity index (χ1) is 5.95. The molecule has 2 heterocycles. The van der Waals surface area contributed by atoms with E-state index in [1.54, 1.807) is 11.3 Å². The SMILES string of the molecule is c1cc(NC2CCNCC2)cs1. The molecular weight excluding hydrogens is 168 g/mol. The Morgan fingerprint density at radius 2 is 2.25 bits per heavy atom. The monoisotopic (exact) mass is 182 g/mol. The van der Waals surface area contributed by atoms with Crippen LogP contribution in [0.4, 0.5) is 5.69 Å². The molecule has 2 rings (SSSR count). The second kappa shape index (κ2) is 3.92. The first kappa shape index (κ1) is 8.08. The van der Waals surface area contributed by atoms with Gasteiger partial charge in [0.25, 0.3) is 0 Å². The number of hydrogen-bond donors (Lipinski definition) is 2. The third-order valence-corrected chi connectivity index (χ3v) is 2.91. The molecule has 0 aromatic carbocycles. The second-order valence-electron chi connectivity index (χ2n) is 3.18. The van der Waals surface area contributed by atoms with Gasteiger partial charge in [0.1, 0.15) is 0 Å². The van der Waals surface area contributed by atoms with Gasteiger partial charge < -0.3 is 10.6 Å². The molecule has 3 heteroatoms. The van der Waals surface area contributed by atoms with E-state index in [0.717, 1.165) is 13.1 Å². The van der Waals surface area contributed by atoms with Crippen molar-refractivity contribution in [3.63, 3.8) is 0 Å². The number of piperidine rings is 1. The van der Waals surface area contributed by atoms with Crippen LogP contribution in [0.3, 0.4) is 0 Å². The standard InChI is InChI=1S/C9H14N2S/c1-4-10-5-2-8(1)11-9-3-6-12-7-9/h3,6-8,10-11H,1-2,4-5H2. The minimum atomic E-state index is 0.681. The van der Waals surface area contributed by atoms with Crippen molar-refractivity contribution in [2.45, 2.75) is 18.9 Å². The molecule has 2 nitrogen and oxygen atoms in total. The highest BCUT2D eigenvalue weighted by molar-refractivity contribution is 7.08. The van der Waals surface area contributed by atoms with Gasteiger partial charge in [0.2, 0.25) is 0 Å². The lowest BCUT2D eigenvalue weighted by Gasteiger charge is -2.23. The summed E-state index contributed by atoms with van der Waals surface area (Å²) in [4.78, 5) is 0. The average molecular weight is 182 g/mol. The molecule has 0 saturated carbocycles. The molecule has 0 radical (unpaired) electrons. The summed E-state index contributed by atoms with van der Waals surface area (Å²) in [6.07, 6.45) is 2.49. The zero-order chi connectivity index (χ0) is 8.23. The largest absolute Gasteiger partial charge is 0.382 e. The molecule has 0 spiro atoms. The van der Waals surface area contributed by atoms with Crippen LogP contribution in [0.2, 0.25) is 0 Å². The van der Waals surface area contributed by atoms with Gasteiger partial charge in [0, 0.05) is 17.1 Å². The zero-order valence-electron chi connectivity index (χ0n) is 7.05. The van der Waals surface area contributed by atoms with Crippen LogP contribution in [-0.2, 0) is 0 Å². The van der Waals surface area contributed by atoms with Crippen LogP contribution in [-0.4, -0.2) is 19.1 Å². The zero-order valence-corrected chi connectivity index (χ0v) is 7.86. The Labute approximate surface area is 77.0 Å². The van der Waals surface area contributed by atoms with Crippen LogP contribution in [0.1, 0.15) is 12.8 Å². The predicted octanol–water partition coefficient (Wildman–Crippen LogP) is 1.91. The maximum absolute atomic E-state index is 3.53. The maximum atomic E-state index is 3.53. The van der Waals surface area contributed by atoms with E-state index in [1.165, 1.54) is 18.5 Å². The number of rotatable bonds is 2. The Morgan fingerprint density at radius 3 is 2.92 bits per heavy atom. The van der Waals surface area contributed by atoms with Crippen molar-refractivity contribution in [1.29, 1.82) is 0 Å². The molecule has 1 aromatic rings. The van der Waals surface area contributed by atoms with E-state index in [0.29, 0.717) is 6.04 Å². The van der Waals surface area contributed by atoms with Gasteiger partial charge in [-0.3, -0.25) is 0 Å². The fourth-order valence-electron chi connectivity index (χ4n) is 1.55. The third kappa shape index (κ3) is 1.99. The number of thiophene rings is 1.